The third-order valence-electron chi connectivity index (χ3n) is 2.60. The Bertz CT molecular complexity index is 478. The molecule has 0 spiro atoms. The molecular weight excluding hydrogens is 198 g/mol. The summed E-state index contributed by atoms with van der Waals surface area (Å²) in [7, 11) is 0. The molecule has 0 unspecified atom stereocenters. The van der Waals surface area contributed by atoms with Gasteiger partial charge in [-0.1, -0.05) is 51.1 Å². The van der Waals surface area contributed by atoms with E-state index < -0.39 is 0 Å². The van der Waals surface area contributed by atoms with Crippen LogP contribution in [0.4, 0.5) is 5.69 Å². The first-order valence-corrected chi connectivity index (χ1v) is 5.40. The molecule has 0 fully saturated rings. The van der Waals surface area contributed by atoms with E-state index in [1.54, 1.807) is 0 Å². The number of hydrogen-bond donors (Lipinski definition) is 2. The summed E-state index contributed by atoms with van der Waals surface area (Å²) < 4.78 is 0. The van der Waals surface area contributed by atoms with Crippen LogP contribution in [0.3, 0.4) is 0 Å². The lowest BCUT2D eigenvalue weighted by Gasteiger charge is -2.16. The Morgan fingerprint density at radius 1 is 1.12 bits per heavy atom. The average Bonchev–Trinajstić information content (AvgIpc) is 2.61. The third kappa shape index (κ3) is 1.81. The van der Waals surface area contributed by atoms with Crippen LogP contribution in [0.15, 0.2) is 30.3 Å². The number of benzene rings is 1. The van der Waals surface area contributed by atoms with Crippen LogP contribution in [0.2, 0.25) is 0 Å². The van der Waals surface area contributed by atoms with Gasteiger partial charge in [0.1, 0.15) is 5.69 Å². The smallest absolute Gasteiger partial charge is 0.115 e. The second-order valence-corrected chi connectivity index (χ2v) is 4.98. The molecule has 0 aliphatic carbocycles. The molecular formula is C13H17N3. The largest absolute Gasteiger partial charge is 0.395 e. The van der Waals surface area contributed by atoms with E-state index in [0.717, 1.165) is 22.6 Å². The fraction of sp³-hybridized carbons (Fsp3) is 0.308. The number of nitrogens with one attached hydrogen (secondary N) is 1. The fourth-order valence-electron chi connectivity index (χ4n) is 1.74. The van der Waals surface area contributed by atoms with Gasteiger partial charge in [0.05, 0.1) is 11.4 Å². The number of nitrogens with zero attached hydrogens (tertiary/aromatic N) is 1. The molecule has 0 saturated carbocycles. The maximum atomic E-state index is 6.13. The number of nitrogens with two attached hydrogens (primary N) is 1. The van der Waals surface area contributed by atoms with Crippen molar-refractivity contribution in [3.8, 4) is 11.3 Å². The molecule has 0 aliphatic heterocycles. The van der Waals surface area contributed by atoms with Crippen molar-refractivity contribution in [1.29, 1.82) is 0 Å². The molecule has 16 heavy (non-hydrogen) atoms. The van der Waals surface area contributed by atoms with Gasteiger partial charge in [-0.2, -0.15) is 5.10 Å². The summed E-state index contributed by atoms with van der Waals surface area (Å²) in [5.41, 5.74) is 9.75. The second kappa shape index (κ2) is 3.67. The highest BCUT2D eigenvalue weighted by atomic mass is 15.1. The molecule has 1 heterocycles. The molecule has 3 N–H and O–H groups in total. The summed E-state index contributed by atoms with van der Waals surface area (Å²) in [6.07, 6.45) is 0. The van der Waals surface area contributed by atoms with Crippen molar-refractivity contribution in [3.63, 3.8) is 0 Å². The van der Waals surface area contributed by atoms with Crippen molar-refractivity contribution < 1.29 is 0 Å². The van der Waals surface area contributed by atoms with Crippen molar-refractivity contribution in [2.45, 2.75) is 26.2 Å². The van der Waals surface area contributed by atoms with Crippen LogP contribution in [0.1, 0.15) is 26.5 Å². The summed E-state index contributed by atoms with van der Waals surface area (Å²) >= 11 is 0. The van der Waals surface area contributed by atoms with E-state index in [4.69, 9.17) is 5.73 Å². The molecule has 0 saturated heterocycles. The van der Waals surface area contributed by atoms with Gasteiger partial charge in [0.2, 0.25) is 0 Å². The van der Waals surface area contributed by atoms with Gasteiger partial charge in [-0.05, 0) is 0 Å². The van der Waals surface area contributed by atoms with E-state index in [2.05, 4.69) is 31.0 Å². The molecule has 0 atom stereocenters. The standard InChI is InChI=1S/C13H17N3/c1-13(2,3)12-10(14)11(15-16-12)9-7-5-4-6-8-9/h4-8H,14H2,1-3H3,(H,15,16). The molecule has 2 rings (SSSR count). The summed E-state index contributed by atoms with van der Waals surface area (Å²) in [6.45, 7) is 6.35. The van der Waals surface area contributed by atoms with Gasteiger partial charge in [-0.15, -0.1) is 0 Å². The number of rotatable bonds is 1. The minimum absolute atomic E-state index is 0.00981. The van der Waals surface area contributed by atoms with Crippen molar-refractivity contribution in [2.24, 2.45) is 0 Å². The first-order chi connectivity index (χ1) is 7.50. The van der Waals surface area contributed by atoms with E-state index in [9.17, 15) is 0 Å². The van der Waals surface area contributed by atoms with Crippen LogP contribution in [0.25, 0.3) is 11.3 Å². The highest BCUT2D eigenvalue weighted by molar-refractivity contribution is 5.74. The van der Waals surface area contributed by atoms with E-state index in [1.807, 2.05) is 30.3 Å². The quantitative estimate of drug-likeness (QED) is 0.768. The summed E-state index contributed by atoms with van der Waals surface area (Å²) in [5.74, 6) is 0. The third-order valence-corrected chi connectivity index (χ3v) is 2.60. The van der Waals surface area contributed by atoms with Crippen molar-refractivity contribution >= 4 is 5.69 Å². The van der Waals surface area contributed by atoms with Gasteiger partial charge in [-0.3, -0.25) is 5.10 Å². The Kier molecular flexibility index (Phi) is 2.46. The molecule has 0 bridgehead atoms. The van der Waals surface area contributed by atoms with E-state index >= 15 is 0 Å². The summed E-state index contributed by atoms with van der Waals surface area (Å²) in [6, 6.07) is 9.98. The molecule has 0 radical (unpaired) electrons. The normalized spacial score (nSPS) is 11.7. The zero-order valence-corrected chi connectivity index (χ0v) is 9.91. The lowest BCUT2D eigenvalue weighted by atomic mass is 9.90. The lowest BCUT2D eigenvalue weighted by Crippen LogP contribution is -2.13. The van der Waals surface area contributed by atoms with Gasteiger partial charge in [0.15, 0.2) is 0 Å². The Labute approximate surface area is 95.7 Å². The highest BCUT2D eigenvalue weighted by Gasteiger charge is 2.22. The predicted molar refractivity (Wildman–Crippen MR) is 67.1 cm³/mol. The Morgan fingerprint density at radius 2 is 1.75 bits per heavy atom. The number of anilines is 1. The molecule has 0 amide bonds. The van der Waals surface area contributed by atoms with Gasteiger partial charge in [0.25, 0.3) is 0 Å². The summed E-state index contributed by atoms with van der Waals surface area (Å²) in [4.78, 5) is 0. The zero-order valence-electron chi connectivity index (χ0n) is 9.91. The Balaban J connectivity index is 2.50. The molecule has 1 aromatic carbocycles. The van der Waals surface area contributed by atoms with Gasteiger partial charge in [-0.25, -0.2) is 0 Å². The predicted octanol–water partition coefficient (Wildman–Crippen LogP) is 2.96. The van der Waals surface area contributed by atoms with Crippen molar-refractivity contribution in [3.05, 3.63) is 36.0 Å². The number of hydrogen-bond acceptors (Lipinski definition) is 2. The first kappa shape index (κ1) is 10.7. The van der Waals surface area contributed by atoms with Crippen LogP contribution in [0, 0.1) is 0 Å². The SMILES string of the molecule is CC(C)(C)c1[nH]nc(-c2ccccc2)c1N. The topological polar surface area (TPSA) is 54.7 Å². The molecule has 2 aromatic rings. The number of nitrogen functional groups attached to an aromatic ring is 1. The maximum absolute atomic E-state index is 6.13. The van der Waals surface area contributed by atoms with Gasteiger partial charge < -0.3 is 5.73 Å². The summed E-state index contributed by atoms with van der Waals surface area (Å²) in [5, 5.41) is 7.34. The first-order valence-electron chi connectivity index (χ1n) is 5.40. The van der Waals surface area contributed by atoms with Crippen molar-refractivity contribution in [2.75, 3.05) is 5.73 Å². The number of aromatic amines is 1. The van der Waals surface area contributed by atoms with Gasteiger partial charge in [0, 0.05) is 11.0 Å². The molecule has 0 aliphatic rings. The number of H-pyrrole nitrogens is 1. The van der Waals surface area contributed by atoms with E-state index in [1.165, 1.54) is 0 Å². The van der Waals surface area contributed by atoms with Crippen LogP contribution in [-0.2, 0) is 5.41 Å². The average molecular weight is 215 g/mol. The van der Waals surface area contributed by atoms with Crippen LogP contribution in [0.5, 0.6) is 0 Å². The van der Waals surface area contributed by atoms with Crippen molar-refractivity contribution in [1.82, 2.24) is 10.2 Å². The highest BCUT2D eigenvalue weighted by Crippen LogP contribution is 2.32. The molecule has 3 heteroatoms. The van der Waals surface area contributed by atoms with Gasteiger partial charge >= 0.3 is 0 Å². The maximum Gasteiger partial charge on any atom is 0.115 e. The number of aromatic nitrogens is 2. The van der Waals surface area contributed by atoms with Crippen LogP contribution >= 0.6 is 0 Å². The minimum atomic E-state index is -0.00981. The van der Waals surface area contributed by atoms with Crippen LogP contribution in [-0.4, -0.2) is 10.2 Å². The zero-order chi connectivity index (χ0) is 11.8. The molecule has 84 valence electrons. The fourth-order valence-corrected chi connectivity index (χ4v) is 1.74. The van der Waals surface area contributed by atoms with E-state index in [-0.39, 0.29) is 5.41 Å². The van der Waals surface area contributed by atoms with Crippen LogP contribution < -0.4 is 5.73 Å². The molecule has 1 aromatic heterocycles. The second-order valence-electron chi connectivity index (χ2n) is 4.98. The Morgan fingerprint density at radius 3 is 2.25 bits per heavy atom. The monoisotopic (exact) mass is 215 g/mol. The Hall–Kier alpha value is -1.77. The minimum Gasteiger partial charge on any atom is -0.395 e. The van der Waals surface area contributed by atoms with E-state index in [0.29, 0.717) is 0 Å². The lowest BCUT2D eigenvalue weighted by molar-refractivity contribution is 0.569. The molecule has 3 nitrogen and oxygen atoms in total.